The van der Waals surface area contributed by atoms with Crippen LogP contribution >= 0.6 is 0 Å². The number of aryl methyl sites for hydroxylation is 2. The molecule has 1 aliphatic rings. The van der Waals surface area contributed by atoms with Crippen LogP contribution < -0.4 is 0 Å². The van der Waals surface area contributed by atoms with E-state index in [2.05, 4.69) is 5.16 Å². The molecule has 1 fully saturated rings. The second-order valence-electron chi connectivity index (χ2n) is 7.51. The van der Waals surface area contributed by atoms with Crippen LogP contribution in [0, 0.1) is 32.1 Å². The van der Waals surface area contributed by atoms with Crippen molar-refractivity contribution >= 4 is 11.9 Å². The zero-order chi connectivity index (χ0) is 19.2. The zero-order valence-electron chi connectivity index (χ0n) is 15.9. The smallest absolute Gasteiger partial charge is 0.311 e. The van der Waals surface area contributed by atoms with Gasteiger partial charge in [-0.3, -0.25) is 14.2 Å². The number of carbonyl (C=O) groups excluding carboxylic acids is 1. The van der Waals surface area contributed by atoms with E-state index in [4.69, 9.17) is 4.52 Å². The average Bonchev–Trinajstić information content (AvgIpc) is 3.25. The fraction of sp³-hybridized carbons (Fsp3) is 0.526. The molecular weight excluding hydrogens is 334 g/mol. The minimum Gasteiger partial charge on any atom is -0.481 e. The molecule has 1 amide bonds. The predicted octanol–water partition coefficient (Wildman–Crippen LogP) is 2.96. The van der Waals surface area contributed by atoms with Crippen molar-refractivity contribution in [3.8, 4) is 5.82 Å². The van der Waals surface area contributed by atoms with E-state index in [0.29, 0.717) is 30.1 Å². The Hall–Kier alpha value is -2.57. The summed E-state index contributed by atoms with van der Waals surface area (Å²) >= 11 is 0. The first-order valence-electron chi connectivity index (χ1n) is 8.82. The van der Waals surface area contributed by atoms with Crippen molar-refractivity contribution in [2.24, 2.45) is 11.3 Å². The second kappa shape index (κ2) is 6.30. The number of amides is 1. The Morgan fingerprint density at radius 1 is 1.27 bits per heavy atom. The Morgan fingerprint density at radius 2 is 1.96 bits per heavy atom. The van der Waals surface area contributed by atoms with E-state index in [0.717, 1.165) is 11.4 Å². The molecular formula is C19H25N3O4. The normalized spacial score (nSPS) is 20.2. The van der Waals surface area contributed by atoms with Crippen molar-refractivity contribution in [3.63, 3.8) is 0 Å². The Kier molecular flexibility index (Phi) is 4.42. The van der Waals surface area contributed by atoms with Gasteiger partial charge in [-0.1, -0.05) is 19.0 Å². The summed E-state index contributed by atoms with van der Waals surface area (Å²) in [7, 11) is 0. The minimum atomic E-state index is -0.871. The van der Waals surface area contributed by atoms with Crippen molar-refractivity contribution in [2.45, 2.75) is 41.0 Å². The monoisotopic (exact) mass is 359 g/mol. The third kappa shape index (κ3) is 2.71. The summed E-state index contributed by atoms with van der Waals surface area (Å²) < 4.78 is 7.03. The van der Waals surface area contributed by atoms with Crippen LogP contribution in [0.3, 0.4) is 0 Å². The number of carbonyl (C=O) groups is 2. The molecule has 1 atom stereocenters. The molecule has 0 saturated carbocycles. The molecule has 1 aliphatic heterocycles. The molecule has 1 saturated heterocycles. The first-order chi connectivity index (χ1) is 12.2. The number of aromatic nitrogens is 2. The number of hydrogen-bond donors (Lipinski definition) is 1. The zero-order valence-corrected chi connectivity index (χ0v) is 15.9. The summed E-state index contributed by atoms with van der Waals surface area (Å²) in [4.78, 5) is 26.6. The van der Waals surface area contributed by atoms with Crippen LogP contribution in [0.1, 0.15) is 47.8 Å². The van der Waals surface area contributed by atoms with E-state index in [9.17, 15) is 14.7 Å². The van der Waals surface area contributed by atoms with Crippen molar-refractivity contribution in [1.82, 2.24) is 14.6 Å². The predicted molar refractivity (Wildman–Crippen MR) is 95.5 cm³/mol. The molecule has 2 aromatic rings. The number of nitrogens with zero attached hydrogens (tertiary/aromatic N) is 3. The van der Waals surface area contributed by atoms with Gasteiger partial charge in [-0.2, -0.15) is 0 Å². The molecule has 1 unspecified atom stereocenters. The number of carboxylic acid groups (broad SMARTS) is 1. The maximum absolute atomic E-state index is 13.1. The maximum atomic E-state index is 13.1. The Bertz CT molecular complexity index is 864. The van der Waals surface area contributed by atoms with E-state index in [1.165, 1.54) is 0 Å². The van der Waals surface area contributed by atoms with Crippen LogP contribution in [0.2, 0.25) is 0 Å². The molecule has 0 aromatic carbocycles. The molecule has 0 aliphatic carbocycles. The summed E-state index contributed by atoms with van der Waals surface area (Å²) in [5, 5.41) is 13.7. The van der Waals surface area contributed by atoms with Gasteiger partial charge in [-0.15, -0.1) is 0 Å². The average molecular weight is 359 g/mol. The van der Waals surface area contributed by atoms with Gasteiger partial charge < -0.3 is 14.5 Å². The maximum Gasteiger partial charge on any atom is 0.311 e. The van der Waals surface area contributed by atoms with Crippen molar-refractivity contribution < 1.29 is 19.2 Å². The molecule has 1 N–H and O–H groups in total. The van der Waals surface area contributed by atoms with E-state index in [1.807, 2.05) is 51.3 Å². The van der Waals surface area contributed by atoms with Gasteiger partial charge in [0, 0.05) is 30.5 Å². The van der Waals surface area contributed by atoms with Gasteiger partial charge in [0.15, 0.2) is 5.82 Å². The third-order valence-electron chi connectivity index (χ3n) is 5.63. The lowest BCUT2D eigenvalue weighted by Crippen LogP contribution is -2.40. The summed E-state index contributed by atoms with van der Waals surface area (Å²) in [5.41, 5.74) is 1.36. The van der Waals surface area contributed by atoms with Crippen LogP contribution in [-0.4, -0.2) is 44.7 Å². The van der Waals surface area contributed by atoms with Crippen LogP contribution in [0.5, 0.6) is 0 Å². The molecule has 0 bridgehead atoms. The molecule has 0 radical (unpaired) electrons. The first-order valence-corrected chi connectivity index (χ1v) is 8.82. The van der Waals surface area contributed by atoms with Gasteiger partial charge >= 0.3 is 5.97 Å². The molecule has 2 aromatic heterocycles. The van der Waals surface area contributed by atoms with Crippen LogP contribution in [0.15, 0.2) is 16.7 Å². The van der Waals surface area contributed by atoms with E-state index < -0.39 is 11.4 Å². The molecule has 0 spiro atoms. The molecule has 7 heteroatoms. The molecule has 7 nitrogen and oxygen atoms in total. The molecule has 3 heterocycles. The molecule has 26 heavy (non-hydrogen) atoms. The van der Waals surface area contributed by atoms with Gasteiger partial charge in [0.05, 0.1) is 11.0 Å². The number of hydrogen-bond acceptors (Lipinski definition) is 4. The number of carboxylic acids is 1. The highest BCUT2D eigenvalue weighted by Crippen LogP contribution is 2.39. The van der Waals surface area contributed by atoms with Crippen LogP contribution in [0.25, 0.3) is 5.82 Å². The van der Waals surface area contributed by atoms with Crippen LogP contribution in [-0.2, 0) is 4.79 Å². The highest BCUT2D eigenvalue weighted by atomic mass is 16.5. The van der Waals surface area contributed by atoms with Gasteiger partial charge in [0.1, 0.15) is 5.76 Å². The second-order valence-corrected chi connectivity index (χ2v) is 7.51. The summed E-state index contributed by atoms with van der Waals surface area (Å²) in [5.74, 6) is 0.339. The standard InChI is InChI=1S/C19H25N3O4/c1-11(2)19(18(24)25)6-7-21(10-19)17(23)15-8-12(3)22(14(15)5)16-9-13(4)26-20-16/h8-9,11H,6-7,10H2,1-5H3,(H,24,25). The fourth-order valence-corrected chi connectivity index (χ4v) is 3.86. The van der Waals surface area contributed by atoms with E-state index in [-0.39, 0.29) is 18.4 Å². The lowest BCUT2D eigenvalue weighted by molar-refractivity contribution is -0.150. The van der Waals surface area contributed by atoms with Crippen molar-refractivity contribution in [2.75, 3.05) is 13.1 Å². The van der Waals surface area contributed by atoms with Crippen molar-refractivity contribution in [1.29, 1.82) is 0 Å². The minimum absolute atomic E-state index is 0.0386. The van der Waals surface area contributed by atoms with Gasteiger partial charge in [-0.05, 0) is 39.2 Å². The Morgan fingerprint density at radius 3 is 2.46 bits per heavy atom. The fourth-order valence-electron chi connectivity index (χ4n) is 3.86. The summed E-state index contributed by atoms with van der Waals surface area (Å²) in [6, 6.07) is 3.65. The Balaban J connectivity index is 1.91. The lowest BCUT2D eigenvalue weighted by Gasteiger charge is -2.28. The first kappa shape index (κ1) is 18.2. The number of rotatable bonds is 4. The third-order valence-corrected chi connectivity index (χ3v) is 5.63. The topological polar surface area (TPSA) is 88.6 Å². The van der Waals surface area contributed by atoms with Gasteiger partial charge in [-0.25, -0.2) is 0 Å². The van der Waals surface area contributed by atoms with E-state index in [1.54, 1.807) is 4.90 Å². The lowest BCUT2D eigenvalue weighted by atomic mass is 9.76. The SMILES string of the molecule is Cc1cc(-n2c(C)cc(C(=O)N3CCC(C(=O)O)(C(C)C)C3)c2C)no1. The number of likely N-dealkylation sites (tertiary alicyclic amines) is 1. The highest BCUT2D eigenvalue weighted by Gasteiger charge is 2.48. The quantitative estimate of drug-likeness (QED) is 0.907. The highest BCUT2D eigenvalue weighted by molar-refractivity contribution is 5.96. The van der Waals surface area contributed by atoms with Gasteiger partial charge in [0.2, 0.25) is 0 Å². The summed E-state index contributed by atoms with van der Waals surface area (Å²) in [6.07, 6.45) is 0.479. The van der Waals surface area contributed by atoms with Crippen molar-refractivity contribution in [3.05, 3.63) is 34.8 Å². The number of aliphatic carboxylic acids is 1. The summed E-state index contributed by atoms with van der Waals surface area (Å²) in [6.45, 7) is 10.1. The Labute approximate surface area is 152 Å². The molecule has 3 rings (SSSR count). The van der Waals surface area contributed by atoms with Gasteiger partial charge in [0.25, 0.3) is 5.91 Å². The van der Waals surface area contributed by atoms with E-state index >= 15 is 0 Å². The molecule has 140 valence electrons. The van der Waals surface area contributed by atoms with Crippen LogP contribution in [0.4, 0.5) is 0 Å². The largest absolute Gasteiger partial charge is 0.481 e.